The molecule has 0 amide bonds. The second-order valence-electron chi connectivity index (χ2n) is 4.14. The van der Waals surface area contributed by atoms with Gasteiger partial charge in [0.05, 0.1) is 13.2 Å². The molecule has 0 spiro atoms. The van der Waals surface area contributed by atoms with Crippen molar-refractivity contribution < 1.29 is 4.74 Å². The third-order valence-corrected chi connectivity index (χ3v) is 3.57. The van der Waals surface area contributed by atoms with Gasteiger partial charge in [-0.05, 0) is 37.3 Å². The number of piperidine rings is 1. The second kappa shape index (κ2) is 2.33. The van der Waals surface area contributed by atoms with Gasteiger partial charge < -0.3 is 10.1 Å². The van der Waals surface area contributed by atoms with E-state index in [1.165, 1.54) is 19.4 Å². The molecule has 2 aliphatic heterocycles. The molecule has 66 valence electrons. The first-order chi connectivity index (χ1) is 5.92. The van der Waals surface area contributed by atoms with Gasteiger partial charge in [0.1, 0.15) is 0 Å². The lowest BCUT2D eigenvalue weighted by molar-refractivity contribution is 0.151. The first-order valence-electron chi connectivity index (χ1n) is 4.94. The van der Waals surface area contributed by atoms with Crippen molar-refractivity contribution in [1.82, 2.24) is 5.32 Å². The zero-order chi connectivity index (χ0) is 8.02. The van der Waals surface area contributed by atoms with Crippen LogP contribution in [0.25, 0.3) is 0 Å². The Balaban J connectivity index is 1.84. The van der Waals surface area contributed by atoms with Gasteiger partial charge in [0, 0.05) is 5.54 Å². The Morgan fingerprint density at radius 3 is 3.17 bits per heavy atom. The molecule has 2 nitrogen and oxygen atoms in total. The van der Waals surface area contributed by atoms with Gasteiger partial charge in [-0.25, -0.2) is 0 Å². The van der Waals surface area contributed by atoms with E-state index in [2.05, 4.69) is 11.4 Å². The van der Waals surface area contributed by atoms with Crippen LogP contribution in [-0.4, -0.2) is 25.3 Å². The van der Waals surface area contributed by atoms with Crippen LogP contribution in [0.1, 0.15) is 19.3 Å². The van der Waals surface area contributed by atoms with Crippen molar-refractivity contribution in [2.75, 3.05) is 19.8 Å². The summed E-state index contributed by atoms with van der Waals surface area (Å²) < 4.78 is 5.32. The molecule has 0 unspecified atom stereocenters. The second-order valence-corrected chi connectivity index (χ2v) is 4.14. The summed E-state index contributed by atoms with van der Waals surface area (Å²) in [7, 11) is 0. The van der Waals surface area contributed by atoms with Crippen LogP contribution < -0.4 is 5.32 Å². The first kappa shape index (κ1) is 7.10. The molecule has 2 heteroatoms. The molecular formula is C10H15NO. The molecule has 1 N–H and O–H groups in total. The molecule has 0 radical (unpaired) electrons. The Morgan fingerprint density at radius 2 is 2.58 bits per heavy atom. The van der Waals surface area contributed by atoms with E-state index in [9.17, 15) is 0 Å². The number of hydrogen-bond acceptors (Lipinski definition) is 2. The molecule has 3 rings (SSSR count). The minimum atomic E-state index is 0.462. The number of ether oxygens (including phenoxy) is 1. The molecule has 0 aromatic heterocycles. The average molecular weight is 165 g/mol. The van der Waals surface area contributed by atoms with E-state index in [4.69, 9.17) is 4.74 Å². The van der Waals surface area contributed by atoms with E-state index < -0.39 is 0 Å². The molecule has 0 bridgehead atoms. The predicted molar refractivity (Wildman–Crippen MR) is 47.0 cm³/mol. The van der Waals surface area contributed by atoms with Gasteiger partial charge in [-0.15, -0.1) is 0 Å². The topological polar surface area (TPSA) is 21.3 Å². The van der Waals surface area contributed by atoms with E-state index in [1.807, 2.05) is 0 Å². The highest BCUT2D eigenvalue weighted by atomic mass is 16.5. The molecule has 0 aromatic rings. The average Bonchev–Trinajstić information content (AvgIpc) is 2.72. The van der Waals surface area contributed by atoms with Crippen molar-refractivity contribution in [3.05, 3.63) is 11.6 Å². The fraction of sp³-hybridized carbons (Fsp3) is 0.800. The lowest BCUT2D eigenvalue weighted by Crippen LogP contribution is -2.32. The van der Waals surface area contributed by atoms with E-state index in [-0.39, 0.29) is 0 Å². The molecule has 1 saturated heterocycles. The van der Waals surface area contributed by atoms with Crippen molar-refractivity contribution in [3.63, 3.8) is 0 Å². The Bertz CT molecular complexity index is 236. The summed E-state index contributed by atoms with van der Waals surface area (Å²) in [6, 6.07) is 0. The molecule has 1 aliphatic carbocycles. The van der Waals surface area contributed by atoms with E-state index in [0.717, 1.165) is 25.6 Å². The van der Waals surface area contributed by atoms with Gasteiger partial charge in [-0.2, -0.15) is 0 Å². The molecule has 1 saturated carbocycles. The Hall–Kier alpha value is -0.340. The van der Waals surface area contributed by atoms with E-state index in [0.29, 0.717) is 5.54 Å². The van der Waals surface area contributed by atoms with Crippen molar-refractivity contribution in [1.29, 1.82) is 0 Å². The van der Waals surface area contributed by atoms with Gasteiger partial charge in [-0.1, -0.05) is 6.08 Å². The zero-order valence-electron chi connectivity index (χ0n) is 7.31. The summed E-state index contributed by atoms with van der Waals surface area (Å²) in [6.45, 7) is 3.00. The van der Waals surface area contributed by atoms with Gasteiger partial charge in [0.15, 0.2) is 0 Å². The third kappa shape index (κ3) is 0.824. The van der Waals surface area contributed by atoms with Gasteiger partial charge >= 0.3 is 0 Å². The molecule has 0 aromatic carbocycles. The summed E-state index contributed by atoms with van der Waals surface area (Å²) in [5.41, 5.74) is 2.10. The van der Waals surface area contributed by atoms with Crippen LogP contribution in [-0.2, 0) is 4.74 Å². The number of rotatable bonds is 1. The van der Waals surface area contributed by atoms with Crippen LogP contribution in [0.5, 0.6) is 0 Å². The zero-order valence-corrected chi connectivity index (χ0v) is 7.31. The van der Waals surface area contributed by atoms with Crippen LogP contribution in [0.15, 0.2) is 11.6 Å². The fourth-order valence-electron chi connectivity index (χ4n) is 2.80. The van der Waals surface area contributed by atoms with Crippen LogP contribution in [0, 0.1) is 5.92 Å². The van der Waals surface area contributed by atoms with Crippen molar-refractivity contribution >= 4 is 0 Å². The minimum Gasteiger partial charge on any atom is -0.377 e. The highest BCUT2D eigenvalue weighted by Crippen LogP contribution is 2.55. The normalized spacial score (nSPS) is 45.3. The highest BCUT2D eigenvalue weighted by molar-refractivity contribution is 5.35. The molecule has 12 heavy (non-hydrogen) atoms. The van der Waals surface area contributed by atoms with Gasteiger partial charge in [0.2, 0.25) is 0 Å². The number of nitrogens with one attached hydrogen (secondary N) is 1. The maximum atomic E-state index is 5.32. The quantitative estimate of drug-likeness (QED) is 0.587. The maximum absolute atomic E-state index is 5.32. The van der Waals surface area contributed by atoms with Crippen LogP contribution in [0.3, 0.4) is 0 Å². The fourth-order valence-corrected chi connectivity index (χ4v) is 2.80. The Labute approximate surface area is 73.0 Å². The van der Waals surface area contributed by atoms with Crippen molar-refractivity contribution in [2.24, 2.45) is 5.92 Å². The minimum absolute atomic E-state index is 0.462. The van der Waals surface area contributed by atoms with Crippen LogP contribution >= 0.6 is 0 Å². The summed E-state index contributed by atoms with van der Waals surface area (Å²) in [4.78, 5) is 0. The molecule has 2 heterocycles. The number of fused-ring (bicyclic) bond motifs is 1. The highest BCUT2D eigenvalue weighted by Gasteiger charge is 2.58. The SMILES string of the molecule is C1=C([C@@]23C[C@@H]2CCN3)CCOC1. The lowest BCUT2D eigenvalue weighted by Gasteiger charge is -2.21. The predicted octanol–water partition coefficient (Wildman–Crippen LogP) is 1.09. The van der Waals surface area contributed by atoms with Gasteiger partial charge in [0.25, 0.3) is 0 Å². The summed E-state index contributed by atoms with van der Waals surface area (Å²) in [6.07, 6.45) is 6.22. The third-order valence-electron chi connectivity index (χ3n) is 3.57. The first-order valence-corrected chi connectivity index (χ1v) is 4.94. The summed E-state index contributed by atoms with van der Waals surface area (Å²) in [5.74, 6) is 0.960. The van der Waals surface area contributed by atoms with Crippen molar-refractivity contribution in [2.45, 2.75) is 24.8 Å². The van der Waals surface area contributed by atoms with Gasteiger partial charge in [-0.3, -0.25) is 0 Å². The summed E-state index contributed by atoms with van der Waals surface area (Å²) in [5, 5.41) is 3.65. The lowest BCUT2D eigenvalue weighted by atomic mass is 9.99. The summed E-state index contributed by atoms with van der Waals surface area (Å²) >= 11 is 0. The Morgan fingerprint density at radius 1 is 1.58 bits per heavy atom. The maximum Gasteiger partial charge on any atom is 0.0650 e. The molecular weight excluding hydrogens is 150 g/mol. The van der Waals surface area contributed by atoms with Crippen LogP contribution in [0.2, 0.25) is 0 Å². The van der Waals surface area contributed by atoms with Crippen LogP contribution in [0.4, 0.5) is 0 Å². The standard InChI is InChI=1S/C10H15NO/c1-4-11-10(7-9(1)10)8-2-5-12-6-3-8/h2,9,11H,1,3-7H2/t9-,10-/m0/s1. The molecule has 3 aliphatic rings. The molecule has 2 fully saturated rings. The van der Waals surface area contributed by atoms with E-state index in [1.54, 1.807) is 5.57 Å². The monoisotopic (exact) mass is 165 g/mol. The smallest absolute Gasteiger partial charge is 0.0650 e. The molecule has 2 atom stereocenters. The Kier molecular flexibility index (Phi) is 1.38. The van der Waals surface area contributed by atoms with E-state index >= 15 is 0 Å². The van der Waals surface area contributed by atoms with Crippen molar-refractivity contribution in [3.8, 4) is 0 Å². The largest absolute Gasteiger partial charge is 0.377 e. The number of hydrogen-bond donors (Lipinski definition) is 1.